The second kappa shape index (κ2) is 8.22. The number of hydrogen-bond donors (Lipinski definition) is 0. The van der Waals surface area contributed by atoms with Crippen molar-refractivity contribution in [3.63, 3.8) is 0 Å². The molecule has 0 unspecified atom stereocenters. The summed E-state index contributed by atoms with van der Waals surface area (Å²) in [5, 5.41) is 0. The van der Waals surface area contributed by atoms with E-state index in [1.807, 2.05) is 36.8 Å². The van der Waals surface area contributed by atoms with Crippen molar-refractivity contribution in [2.45, 2.75) is 19.6 Å². The number of aromatic nitrogens is 2. The molecule has 3 aromatic rings. The van der Waals surface area contributed by atoms with Crippen molar-refractivity contribution in [2.24, 2.45) is 0 Å². The molecule has 0 aliphatic carbocycles. The number of rotatable bonds is 7. The molecule has 0 atom stereocenters. The highest BCUT2D eigenvalue weighted by Crippen LogP contribution is 2.17. The van der Waals surface area contributed by atoms with Crippen LogP contribution in [0, 0.1) is 0 Å². The van der Waals surface area contributed by atoms with E-state index >= 15 is 0 Å². The Bertz CT molecular complexity index is 706. The molecule has 3 rings (SSSR count). The van der Waals surface area contributed by atoms with Crippen molar-refractivity contribution in [1.29, 1.82) is 0 Å². The van der Waals surface area contributed by atoms with Crippen LogP contribution in [0.1, 0.15) is 16.7 Å². The standard InChI is InChI=1S/C20H21N3O/c1-24-20-6-2-4-18(12-20)15-23(14-17-7-10-21-11-8-17)16-19-5-3-9-22-13-19/h2-13H,14-16H2,1H3. The Morgan fingerprint density at radius 3 is 2.29 bits per heavy atom. The second-order valence-corrected chi connectivity index (χ2v) is 5.71. The Kier molecular flexibility index (Phi) is 5.53. The van der Waals surface area contributed by atoms with Crippen LogP contribution >= 0.6 is 0 Å². The smallest absolute Gasteiger partial charge is 0.119 e. The van der Waals surface area contributed by atoms with Crippen molar-refractivity contribution in [2.75, 3.05) is 7.11 Å². The maximum absolute atomic E-state index is 5.34. The van der Waals surface area contributed by atoms with Crippen molar-refractivity contribution in [3.05, 3.63) is 90.0 Å². The van der Waals surface area contributed by atoms with Gasteiger partial charge in [-0.15, -0.1) is 0 Å². The van der Waals surface area contributed by atoms with Gasteiger partial charge < -0.3 is 4.74 Å². The average Bonchev–Trinajstić information content (AvgIpc) is 2.63. The number of ether oxygens (including phenoxy) is 1. The quantitative estimate of drug-likeness (QED) is 0.666. The van der Waals surface area contributed by atoms with Gasteiger partial charge in [0.05, 0.1) is 7.11 Å². The van der Waals surface area contributed by atoms with Gasteiger partial charge in [0.1, 0.15) is 5.75 Å². The largest absolute Gasteiger partial charge is 0.497 e. The maximum Gasteiger partial charge on any atom is 0.119 e. The molecule has 0 N–H and O–H groups in total. The number of hydrogen-bond acceptors (Lipinski definition) is 4. The van der Waals surface area contributed by atoms with Gasteiger partial charge in [0.25, 0.3) is 0 Å². The van der Waals surface area contributed by atoms with E-state index in [4.69, 9.17) is 4.74 Å². The molecule has 0 fully saturated rings. The van der Waals surface area contributed by atoms with Gasteiger partial charge in [-0.25, -0.2) is 0 Å². The fourth-order valence-corrected chi connectivity index (χ4v) is 2.69. The fraction of sp³-hybridized carbons (Fsp3) is 0.200. The summed E-state index contributed by atoms with van der Waals surface area (Å²) in [6.45, 7) is 2.54. The van der Waals surface area contributed by atoms with Gasteiger partial charge in [0.2, 0.25) is 0 Å². The monoisotopic (exact) mass is 319 g/mol. The lowest BCUT2D eigenvalue weighted by Crippen LogP contribution is -2.22. The Labute approximate surface area is 142 Å². The van der Waals surface area contributed by atoms with Crippen LogP contribution in [0.5, 0.6) is 5.75 Å². The van der Waals surface area contributed by atoms with Gasteiger partial charge in [0.15, 0.2) is 0 Å². The molecule has 1 aromatic carbocycles. The summed E-state index contributed by atoms with van der Waals surface area (Å²) in [4.78, 5) is 10.7. The molecule has 24 heavy (non-hydrogen) atoms. The Morgan fingerprint density at radius 1 is 0.792 bits per heavy atom. The Balaban J connectivity index is 1.78. The van der Waals surface area contributed by atoms with E-state index in [1.165, 1.54) is 16.7 Å². The lowest BCUT2D eigenvalue weighted by molar-refractivity contribution is 0.247. The third-order valence-corrected chi connectivity index (χ3v) is 3.82. The van der Waals surface area contributed by atoms with Crippen molar-refractivity contribution < 1.29 is 4.74 Å². The van der Waals surface area contributed by atoms with Crippen LogP contribution < -0.4 is 4.74 Å². The molecular formula is C20H21N3O. The van der Waals surface area contributed by atoms with Crippen LogP contribution in [-0.2, 0) is 19.6 Å². The van der Waals surface area contributed by atoms with Crippen LogP contribution in [0.15, 0.2) is 73.3 Å². The van der Waals surface area contributed by atoms with E-state index < -0.39 is 0 Å². The first-order valence-corrected chi connectivity index (χ1v) is 7.96. The minimum Gasteiger partial charge on any atom is -0.497 e. The highest BCUT2D eigenvalue weighted by molar-refractivity contribution is 5.28. The average molecular weight is 319 g/mol. The Morgan fingerprint density at radius 2 is 1.54 bits per heavy atom. The Hall–Kier alpha value is -2.72. The van der Waals surface area contributed by atoms with Gasteiger partial charge in [-0.3, -0.25) is 14.9 Å². The molecule has 0 radical (unpaired) electrons. The lowest BCUT2D eigenvalue weighted by Gasteiger charge is -2.23. The summed E-state index contributed by atoms with van der Waals surface area (Å²) in [6, 6.07) is 16.4. The molecule has 0 amide bonds. The first-order valence-electron chi connectivity index (χ1n) is 7.96. The van der Waals surface area contributed by atoms with Gasteiger partial charge in [-0.05, 0) is 47.0 Å². The summed E-state index contributed by atoms with van der Waals surface area (Å²) < 4.78 is 5.34. The zero-order chi connectivity index (χ0) is 16.6. The number of nitrogens with zero attached hydrogens (tertiary/aromatic N) is 3. The summed E-state index contributed by atoms with van der Waals surface area (Å²) in [7, 11) is 1.70. The van der Waals surface area contributed by atoms with Gasteiger partial charge in [0, 0.05) is 44.4 Å². The molecule has 0 saturated carbocycles. The van der Waals surface area contributed by atoms with Crippen molar-refractivity contribution in [3.8, 4) is 5.75 Å². The van der Waals surface area contributed by atoms with Gasteiger partial charge in [-0.2, -0.15) is 0 Å². The van der Waals surface area contributed by atoms with E-state index in [0.29, 0.717) is 0 Å². The number of benzene rings is 1. The third kappa shape index (κ3) is 4.64. The van der Waals surface area contributed by atoms with Crippen LogP contribution in [-0.4, -0.2) is 22.0 Å². The minimum atomic E-state index is 0.841. The van der Waals surface area contributed by atoms with E-state index in [9.17, 15) is 0 Å². The van der Waals surface area contributed by atoms with Crippen LogP contribution in [0.2, 0.25) is 0 Å². The number of methoxy groups -OCH3 is 1. The zero-order valence-corrected chi connectivity index (χ0v) is 13.8. The van der Waals surface area contributed by atoms with E-state index in [2.05, 4.69) is 45.2 Å². The fourth-order valence-electron chi connectivity index (χ4n) is 2.69. The molecule has 0 aliphatic heterocycles. The van der Waals surface area contributed by atoms with Gasteiger partial charge >= 0.3 is 0 Å². The SMILES string of the molecule is COc1cccc(CN(Cc2ccncc2)Cc2cccnc2)c1. The highest BCUT2D eigenvalue weighted by Gasteiger charge is 2.09. The lowest BCUT2D eigenvalue weighted by atomic mass is 10.1. The molecule has 0 saturated heterocycles. The molecule has 0 spiro atoms. The highest BCUT2D eigenvalue weighted by atomic mass is 16.5. The predicted octanol–water partition coefficient (Wildman–Crippen LogP) is 3.69. The van der Waals surface area contributed by atoms with Crippen LogP contribution in [0.25, 0.3) is 0 Å². The summed E-state index contributed by atoms with van der Waals surface area (Å²) in [5.74, 6) is 0.887. The topological polar surface area (TPSA) is 38.2 Å². The van der Waals surface area contributed by atoms with E-state index in [1.54, 1.807) is 13.3 Å². The molecule has 2 heterocycles. The molecule has 0 aliphatic rings. The van der Waals surface area contributed by atoms with Crippen molar-refractivity contribution >= 4 is 0 Å². The van der Waals surface area contributed by atoms with E-state index in [0.717, 1.165) is 25.4 Å². The van der Waals surface area contributed by atoms with E-state index in [-0.39, 0.29) is 0 Å². The first kappa shape index (κ1) is 16.1. The first-order chi connectivity index (χ1) is 11.8. The summed E-state index contributed by atoms with van der Waals surface area (Å²) >= 11 is 0. The molecule has 4 heteroatoms. The normalized spacial score (nSPS) is 10.8. The number of pyridine rings is 2. The third-order valence-electron chi connectivity index (χ3n) is 3.82. The molecule has 4 nitrogen and oxygen atoms in total. The van der Waals surface area contributed by atoms with Crippen molar-refractivity contribution in [1.82, 2.24) is 14.9 Å². The maximum atomic E-state index is 5.34. The predicted molar refractivity (Wildman–Crippen MR) is 94.4 cm³/mol. The van der Waals surface area contributed by atoms with Crippen LogP contribution in [0.4, 0.5) is 0 Å². The van der Waals surface area contributed by atoms with Crippen LogP contribution in [0.3, 0.4) is 0 Å². The second-order valence-electron chi connectivity index (χ2n) is 5.71. The molecular weight excluding hydrogens is 298 g/mol. The summed E-state index contributed by atoms with van der Waals surface area (Å²) in [5.41, 5.74) is 3.68. The summed E-state index contributed by atoms with van der Waals surface area (Å²) in [6.07, 6.45) is 7.40. The van der Waals surface area contributed by atoms with Gasteiger partial charge in [-0.1, -0.05) is 18.2 Å². The molecule has 2 aromatic heterocycles. The minimum absolute atomic E-state index is 0.841. The molecule has 122 valence electrons. The zero-order valence-electron chi connectivity index (χ0n) is 13.8. The molecule has 0 bridgehead atoms.